The molecular formula is C24H22FN9O2. The van der Waals surface area contributed by atoms with Gasteiger partial charge in [-0.3, -0.25) is 14.5 Å². The second-order valence-corrected chi connectivity index (χ2v) is 8.61. The van der Waals surface area contributed by atoms with Gasteiger partial charge in [-0.2, -0.15) is 10.1 Å². The van der Waals surface area contributed by atoms with E-state index < -0.39 is 5.82 Å². The lowest BCUT2D eigenvalue weighted by Crippen LogP contribution is -2.41. The zero-order valence-corrected chi connectivity index (χ0v) is 19.2. The highest BCUT2D eigenvalue weighted by Gasteiger charge is 2.24. The molecule has 0 fully saturated rings. The molecule has 0 aliphatic carbocycles. The summed E-state index contributed by atoms with van der Waals surface area (Å²) in [5, 5.41) is 11.0. The maximum absolute atomic E-state index is 13.9. The van der Waals surface area contributed by atoms with E-state index in [0.717, 1.165) is 0 Å². The summed E-state index contributed by atoms with van der Waals surface area (Å²) in [4.78, 5) is 24.6. The number of hydrogen-bond donors (Lipinski definition) is 4. The number of H-pyrrole nitrogens is 1. The molecule has 12 heteroatoms. The molecule has 3 aromatic heterocycles. The number of fused-ring (bicyclic) bond motifs is 4. The molecule has 0 unspecified atom stereocenters. The number of nitrogens with zero attached hydrogens (tertiary/aromatic N) is 5. The van der Waals surface area contributed by atoms with E-state index in [9.17, 15) is 9.18 Å². The van der Waals surface area contributed by atoms with E-state index in [2.05, 4.69) is 20.5 Å². The van der Waals surface area contributed by atoms with Crippen LogP contribution in [0.5, 0.6) is 5.75 Å². The fourth-order valence-corrected chi connectivity index (χ4v) is 4.43. The molecular weight excluding hydrogens is 465 g/mol. The molecule has 0 amide bonds. The first-order valence-corrected chi connectivity index (χ1v) is 11.2. The number of halogens is 1. The fraction of sp³-hybridized carbons (Fsp3) is 0.167. The maximum Gasteiger partial charge on any atom is 0.270 e. The number of likely N-dealkylation sites (N-methyl/N-ethyl adjacent to an activating group) is 1. The number of anilines is 4. The Bertz CT molecular complexity index is 1680. The summed E-state index contributed by atoms with van der Waals surface area (Å²) < 4.78 is 21.4. The number of aromatic nitrogens is 5. The summed E-state index contributed by atoms with van der Waals surface area (Å²) in [6.45, 7) is 0.886. The van der Waals surface area contributed by atoms with Crippen LogP contribution in [0.1, 0.15) is 0 Å². The molecule has 11 nitrogen and oxygen atoms in total. The average Bonchev–Trinajstić information content (AvgIpc) is 3.27. The van der Waals surface area contributed by atoms with Crippen LogP contribution in [-0.4, -0.2) is 51.0 Å². The van der Waals surface area contributed by atoms with Crippen molar-refractivity contribution in [3.05, 3.63) is 64.8 Å². The Morgan fingerprint density at radius 2 is 2.06 bits per heavy atom. The molecule has 6 rings (SSSR count). The molecule has 2 aromatic carbocycles. The SMILES string of the molecule is CN(C[C@H]1CNc2cc(N)c(F)cc2O1)c1ncc2c3[nH]nc(N)c3c(=O)n(-c3ccccc3)c2n1. The van der Waals surface area contributed by atoms with Gasteiger partial charge in [-0.1, -0.05) is 18.2 Å². The first-order valence-electron chi connectivity index (χ1n) is 11.2. The van der Waals surface area contributed by atoms with Crippen LogP contribution in [0.15, 0.2) is 53.5 Å². The van der Waals surface area contributed by atoms with Gasteiger partial charge in [0.1, 0.15) is 23.1 Å². The smallest absolute Gasteiger partial charge is 0.270 e. The Labute approximate surface area is 203 Å². The van der Waals surface area contributed by atoms with Gasteiger partial charge < -0.3 is 26.4 Å². The van der Waals surface area contributed by atoms with Crippen molar-refractivity contribution in [1.29, 1.82) is 0 Å². The molecule has 0 saturated carbocycles. The van der Waals surface area contributed by atoms with Crippen molar-refractivity contribution in [2.75, 3.05) is 41.8 Å². The van der Waals surface area contributed by atoms with Crippen molar-refractivity contribution < 1.29 is 9.13 Å². The Morgan fingerprint density at radius 3 is 2.86 bits per heavy atom. The number of hydrogen-bond acceptors (Lipinski definition) is 9. The van der Waals surface area contributed by atoms with Crippen LogP contribution in [0, 0.1) is 5.82 Å². The second kappa shape index (κ2) is 8.12. The maximum atomic E-state index is 13.9. The second-order valence-electron chi connectivity index (χ2n) is 8.61. The topological polar surface area (TPSA) is 153 Å². The number of aromatic amines is 1. The van der Waals surface area contributed by atoms with E-state index in [-0.39, 0.29) is 28.6 Å². The van der Waals surface area contributed by atoms with E-state index in [1.807, 2.05) is 42.3 Å². The summed E-state index contributed by atoms with van der Waals surface area (Å²) in [7, 11) is 1.82. The monoisotopic (exact) mass is 487 g/mol. The van der Waals surface area contributed by atoms with E-state index in [1.165, 1.54) is 16.7 Å². The summed E-state index contributed by atoms with van der Waals surface area (Å²) in [6.07, 6.45) is 1.33. The van der Waals surface area contributed by atoms with Crippen LogP contribution in [0.4, 0.5) is 27.5 Å². The molecule has 36 heavy (non-hydrogen) atoms. The number of nitrogen functional groups attached to an aromatic ring is 2. The number of benzene rings is 2. The highest BCUT2D eigenvalue weighted by Crippen LogP contribution is 2.33. The van der Waals surface area contributed by atoms with Gasteiger partial charge in [-0.25, -0.2) is 9.37 Å². The summed E-state index contributed by atoms with van der Waals surface area (Å²) in [5.41, 5.74) is 13.5. The molecule has 1 aliphatic heterocycles. The lowest BCUT2D eigenvalue weighted by Gasteiger charge is -2.30. The molecule has 4 heterocycles. The number of ether oxygens (including phenoxy) is 1. The normalized spacial score (nSPS) is 14.9. The van der Waals surface area contributed by atoms with E-state index in [0.29, 0.717) is 52.7 Å². The predicted molar refractivity (Wildman–Crippen MR) is 136 cm³/mol. The summed E-state index contributed by atoms with van der Waals surface area (Å²) in [6, 6.07) is 12.0. The number of nitrogens with two attached hydrogens (primary N) is 2. The lowest BCUT2D eigenvalue weighted by molar-refractivity contribution is 0.211. The van der Waals surface area contributed by atoms with Gasteiger partial charge in [0.25, 0.3) is 5.56 Å². The van der Waals surface area contributed by atoms with Gasteiger partial charge in [-0.15, -0.1) is 0 Å². The minimum atomic E-state index is -0.535. The molecule has 5 aromatic rings. The number of para-hydroxylation sites is 1. The number of rotatable bonds is 4. The highest BCUT2D eigenvalue weighted by atomic mass is 19.1. The van der Waals surface area contributed by atoms with Gasteiger partial charge in [0.05, 0.1) is 41.1 Å². The van der Waals surface area contributed by atoms with Crippen LogP contribution in [0.25, 0.3) is 27.6 Å². The molecule has 182 valence electrons. The van der Waals surface area contributed by atoms with Crippen LogP contribution in [0.2, 0.25) is 0 Å². The molecule has 0 radical (unpaired) electrons. The molecule has 0 bridgehead atoms. The third kappa shape index (κ3) is 3.42. The van der Waals surface area contributed by atoms with Gasteiger partial charge in [0, 0.05) is 19.3 Å². The summed E-state index contributed by atoms with van der Waals surface area (Å²) in [5.74, 6) is 0.356. The quantitative estimate of drug-likeness (QED) is 0.280. The van der Waals surface area contributed by atoms with Crippen LogP contribution >= 0.6 is 0 Å². The fourth-order valence-electron chi connectivity index (χ4n) is 4.43. The minimum Gasteiger partial charge on any atom is -0.484 e. The zero-order chi connectivity index (χ0) is 25.0. The first kappa shape index (κ1) is 21.6. The Balaban J connectivity index is 1.39. The van der Waals surface area contributed by atoms with Gasteiger partial charge in [0.2, 0.25) is 5.95 Å². The standard InChI is InChI=1S/C24H22FN9O2/c1-33(11-13-9-28-17-8-16(26)15(25)7-18(17)36-13)24-29-10-14-20-19(21(27)32-31-20)23(35)34(22(14)30-24)12-5-3-2-4-6-12/h2-8,10,13,28H,9,11,26H2,1H3,(H3,27,31,32)/t13-/m1/s1. The van der Waals surface area contributed by atoms with Gasteiger partial charge in [-0.05, 0) is 18.2 Å². The van der Waals surface area contributed by atoms with Crippen molar-refractivity contribution in [2.24, 2.45) is 0 Å². The number of pyridine rings is 1. The van der Waals surface area contributed by atoms with Crippen LogP contribution in [0.3, 0.4) is 0 Å². The highest BCUT2D eigenvalue weighted by molar-refractivity contribution is 6.05. The minimum absolute atomic E-state index is 0.0579. The van der Waals surface area contributed by atoms with Crippen molar-refractivity contribution in [2.45, 2.75) is 6.10 Å². The van der Waals surface area contributed by atoms with Gasteiger partial charge >= 0.3 is 0 Å². The van der Waals surface area contributed by atoms with Crippen LogP contribution < -0.4 is 32.0 Å². The third-order valence-corrected chi connectivity index (χ3v) is 6.19. The lowest BCUT2D eigenvalue weighted by atomic mass is 10.2. The van der Waals surface area contributed by atoms with Crippen molar-refractivity contribution in [3.8, 4) is 11.4 Å². The Hall–Kier alpha value is -4.87. The van der Waals surface area contributed by atoms with E-state index >= 15 is 0 Å². The number of nitrogens with one attached hydrogen (secondary N) is 2. The van der Waals surface area contributed by atoms with Crippen molar-refractivity contribution >= 4 is 45.1 Å². The largest absolute Gasteiger partial charge is 0.484 e. The van der Waals surface area contributed by atoms with E-state index in [4.69, 9.17) is 21.2 Å². The molecule has 0 saturated heterocycles. The molecule has 1 aliphatic rings. The summed E-state index contributed by atoms with van der Waals surface area (Å²) >= 11 is 0. The first-order chi connectivity index (χ1) is 17.4. The third-order valence-electron chi connectivity index (χ3n) is 6.19. The molecule has 6 N–H and O–H groups in total. The zero-order valence-electron chi connectivity index (χ0n) is 19.2. The average molecular weight is 487 g/mol. The predicted octanol–water partition coefficient (Wildman–Crippen LogP) is 2.27. The van der Waals surface area contributed by atoms with Gasteiger partial charge in [0.15, 0.2) is 11.5 Å². The van der Waals surface area contributed by atoms with E-state index in [1.54, 1.807) is 6.20 Å². The molecule has 1 atom stereocenters. The molecule has 0 spiro atoms. The van der Waals surface area contributed by atoms with Crippen molar-refractivity contribution in [1.82, 2.24) is 24.7 Å². The van der Waals surface area contributed by atoms with Crippen molar-refractivity contribution in [3.63, 3.8) is 0 Å². The van der Waals surface area contributed by atoms with Crippen LogP contribution in [-0.2, 0) is 0 Å². The Kier molecular flexibility index (Phi) is 4.88. The Morgan fingerprint density at radius 1 is 1.25 bits per heavy atom.